The average molecular weight is 323 g/mol. The van der Waals surface area contributed by atoms with Crippen LogP contribution >= 0.6 is 0 Å². The average Bonchev–Trinajstić information content (AvgIpc) is 2.96. The molecule has 0 unspecified atom stereocenters. The lowest BCUT2D eigenvalue weighted by Crippen LogP contribution is -2.41. The van der Waals surface area contributed by atoms with Crippen molar-refractivity contribution in [3.63, 3.8) is 0 Å². The smallest absolute Gasteiger partial charge is 0.252 e. The van der Waals surface area contributed by atoms with Gasteiger partial charge < -0.3 is 15.1 Å². The first-order valence-corrected chi connectivity index (χ1v) is 8.01. The third-order valence-electron chi connectivity index (χ3n) is 4.20. The van der Waals surface area contributed by atoms with Gasteiger partial charge in [0.1, 0.15) is 6.04 Å². The summed E-state index contributed by atoms with van der Waals surface area (Å²) < 4.78 is 0. The van der Waals surface area contributed by atoms with Crippen molar-refractivity contribution in [3.05, 3.63) is 60.2 Å². The zero-order chi connectivity index (χ0) is 17.1. The van der Waals surface area contributed by atoms with Crippen LogP contribution in [0.3, 0.4) is 0 Å². The van der Waals surface area contributed by atoms with E-state index in [1.807, 2.05) is 67.5 Å². The van der Waals surface area contributed by atoms with Crippen molar-refractivity contribution in [2.75, 3.05) is 30.4 Å². The molecular weight excluding hydrogens is 302 g/mol. The molecule has 1 N–H and O–H groups in total. The van der Waals surface area contributed by atoms with Gasteiger partial charge in [0.2, 0.25) is 5.91 Å². The Morgan fingerprint density at radius 1 is 1.12 bits per heavy atom. The van der Waals surface area contributed by atoms with Crippen molar-refractivity contribution in [2.24, 2.45) is 0 Å². The Morgan fingerprint density at radius 3 is 2.58 bits per heavy atom. The minimum Gasteiger partial charge on any atom is -0.378 e. The third kappa shape index (κ3) is 3.25. The van der Waals surface area contributed by atoms with E-state index in [9.17, 15) is 9.59 Å². The highest BCUT2D eigenvalue weighted by molar-refractivity contribution is 6.04. The van der Waals surface area contributed by atoms with E-state index in [2.05, 4.69) is 5.32 Å². The van der Waals surface area contributed by atoms with Crippen LogP contribution < -0.4 is 15.1 Å². The summed E-state index contributed by atoms with van der Waals surface area (Å²) in [5.41, 5.74) is 2.38. The van der Waals surface area contributed by atoms with Crippen LogP contribution in [-0.4, -0.2) is 38.5 Å². The number of hydrogen-bond acceptors (Lipinski definition) is 3. The largest absolute Gasteiger partial charge is 0.378 e. The number of hydrogen-bond donors (Lipinski definition) is 1. The standard InChI is InChI=1S/C19H21N3O2/c1-21(2)16-10-6-7-14(13-16)18(23)20-17-11-12-22(19(17)24)15-8-4-3-5-9-15/h3-10,13,17H,11-12H2,1-2H3,(H,20,23)/t17-/m1/s1. The van der Waals surface area contributed by atoms with Gasteiger partial charge in [-0.3, -0.25) is 9.59 Å². The Kier molecular flexibility index (Phi) is 4.51. The number of carbonyl (C=O) groups excluding carboxylic acids is 2. The van der Waals surface area contributed by atoms with Gasteiger partial charge in [-0.15, -0.1) is 0 Å². The van der Waals surface area contributed by atoms with Crippen molar-refractivity contribution in [3.8, 4) is 0 Å². The summed E-state index contributed by atoms with van der Waals surface area (Å²) in [6.07, 6.45) is 0.618. The minimum atomic E-state index is -0.472. The number of nitrogens with zero attached hydrogens (tertiary/aromatic N) is 2. The fraction of sp³-hybridized carbons (Fsp3) is 0.263. The molecule has 1 aliphatic heterocycles. The summed E-state index contributed by atoms with van der Waals surface area (Å²) in [6, 6.07) is 16.4. The van der Waals surface area contributed by atoms with E-state index < -0.39 is 6.04 Å². The molecule has 3 rings (SSSR count). The molecule has 1 aliphatic rings. The molecule has 2 aromatic rings. The van der Waals surface area contributed by atoms with E-state index >= 15 is 0 Å². The van der Waals surface area contributed by atoms with Crippen LogP contribution in [0.15, 0.2) is 54.6 Å². The van der Waals surface area contributed by atoms with Gasteiger partial charge in [-0.1, -0.05) is 24.3 Å². The van der Waals surface area contributed by atoms with E-state index in [-0.39, 0.29) is 11.8 Å². The number of nitrogens with one attached hydrogen (secondary N) is 1. The van der Waals surface area contributed by atoms with E-state index in [0.29, 0.717) is 18.5 Å². The Bertz CT molecular complexity index is 743. The van der Waals surface area contributed by atoms with Gasteiger partial charge in [0.15, 0.2) is 0 Å². The fourth-order valence-electron chi connectivity index (χ4n) is 2.85. The lowest BCUT2D eigenvalue weighted by Gasteiger charge is -2.17. The summed E-state index contributed by atoms with van der Waals surface area (Å²) in [7, 11) is 3.85. The van der Waals surface area contributed by atoms with Crippen LogP contribution in [0.1, 0.15) is 16.8 Å². The molecule has 5 nitrogen and oxygen atoms in total. The lowest BCUT2D eigenvalue weighted by molar-refractivity contribution is -0.118. The van der Waals surface area contributed by atoms with E-state index in [1.54, 1.807) is 11.0 Å². The van der Waals surface area contributed by atoms with Crippen LogP contribution in [0.2, 0.25) is 0 Å². The van der Waals surface area contributed by atoms with Gasteiger partial charge in [-0.05, 0) is 36.8 Å². The van der Waals surface area contributed by atoms with Crippen molar-refractivity contribution < 1.29 is 9.59 Å². The fourth-order valence-corrected chi connectivity index (χ4v) is 2.85. The van der Waals surface area contributed by atoms with Gasteiger partial charge in [0.05, 0.1) is 0 Å². The normalized spacial score (nSPS) is 17.0. The van der Waals surface area contributed by atoms with Gasteiger partial charge in [0.25, 0.3) is 5.91 Å². The molecule has 0 bridgehead atoms. The molecule has 24 heavy (non-hydrogen) atoms. The number of anilines is 2. The molecule has 1 fully saturated rings. The number of para-hydroxylation sites is 1. The van der Waals surface area contributed by atoms with Crippen molar-refractivity contribution >= 4 is 23.2 Å². The predicted octanol–water partition coefficient (Wildman–Crippen LogP) is 2.29. The summed E-state index contributed by atoms with van der Waals surface area (Å²) in [6.45, 7) is 0.617. The molecule has 0 spiro atoms. The zero-order valence-corrected chi connectivity index (χ0v) is 13.9. The predicted molar refractivity (Wildman–Crippen MR) is 95.4 cm³/mol. The SMILES string of the molecule is CN(C)c1cccc(C(=O)N[C@@H]2CCN(c3ccccc3)C2=O)c1. The topological polar surface area (TPSA) is 52.7 Å². The third-order valence-corrected chi connectivity index (χ3v) is 4.20. The van der Waals surface area contributed by atoms with Gasteiger partial charge in [-0.2, -0.15) is 0 Å². The van der Waals surface area contributed by atoms with Gasteiger partial charge >= 0.3 is 0 Å². The minimum absolute atomic E-state index is 0.0571. The van der Waals surface area contributed by atoms with Crippen molar-refractivity contribution in [2.45, 2.75) is 12.5 Å². The molecule has 0 radical (unpaired) electrons. The van der Waals surface area contributed by atoms with Gasteiger partial charge in [-0.25, -0.2) is 0 Å². The maximum absolute atomic E-state index is 12.6. The Labute approximate surface area is 141 Å². The maximum Gasteiger partial charge on any atom is 0.252 e. The lowest BCUT2D eigenvalue weighted by atomic mass is 10.1. The second-order valence-corrected chi connectivity index (χ2v) is 6.08. The molecule has 1 heterocycles. The Morgan fingerprint density at radius 2 is 1.88 bits per heavy atom. The Hall–Kier alpha value is -2.82. The maximum atomic E-state index is 12.6. The first-order chi connectivity index (χ1) is 11.6. The molecule has 1 atom stereocenters. The van der Waals surface area contributed by atoms with E-state index in [4.69, 9.17) is 0 Å². The molecule has 124 valence electrons. The van der Waals surface area contributed by atoms with Crippen LogP contribution in [0, 0.1) is 0 Å². The zero-order valence-electron chi connectivity index (χ0n) is 13.9. The van der Waals surface area contributed by atoms with Crippen LogP contribution in [0.4, 0.5) is 11.4 Å². The van der Waals surface area contributed by atoms with Crippen molar-refractivity contribution in [1.29, 1.82) is 0 Å². The Balaban J connectivity index is 1.69. The summed E-state index contributed by atoms with van der Waals surface area (Å²) in [4.78, 5) is 28.7. The number of carbonyl (C=O) groups is 2. The van der Waals surface area contributed by atoms with Gasteiger partial charge in [0, 0.05) is 37.6 Å². The molecule has 2 aromatic carbocycles. The number of rotatable bonds is 4. The quantitative estimate of drug-likeness (QED) is 0.939. The second kappa shape index (κ2) is 6.74. The van der Waals surface area contributed by atoms with Crippen molar-refractivity contribution in [1.82, 2.24) is 5.32 Å². The molecule has 0 saturated carbocycles. The molecular formula is C19H21N3O2. The summed E-state index contributed by atoms with van der Waals surface area (Å²) in [5, 5.41) is 2.86. The highest BCUT2D eigenvalue weighted by Gasteiger charge is 2.33. The van der Waals surface area contributed by atoms with Crippen LogP contribution in [-0.2, 0) is 4.79 Å². The van der Waals surface area contributed by atoms with E-state index in [0.717, 1.165) is 11.4 Å². The van der Waals surface area contributed by atoms with Crippen LogP contribution in [0.5, 0.6) is 0 Å². The first-order valence-electron chi connectivity index (χ1n) is 8.01. The highest BCUT2D eigenvalue weighted by Crippen LogP contribution is 2.21. The number of amides is 2. The molecule has 0 aromatic heterocycles. The summed E-state index contributed by atoms with van der Waals surface area (Å²) >= 11 is 0. The summed E-state index contributed by atoms with van der Waals surface area (Å²) in [5.74, 6) is -0.273. The molecule has 1 saturated heterocycles. The second-order valence-electron chi connectivity index (χ2n) is 6.08. The number of benzene rings is 2. The highest BCUT2D eigenvalue weighted by atomic mass is 16.2. The van der Waals surface area contributed by atoms with Crippen LogP contribution in [0.25, 0.3) is 0 Å². The molecule has 5 heteroatoms. The monoisotopic (exact) mass is 323 g/mol. The first kappa shape index (κ1) is 16.1. The molecule has 0 aliphatic carbocycles. The molecule has 2 amide bonds. The van der Waals surface area contributed by atoms with E-state index in [1.165, 1.54) is 0 Å².